The number of carbonyl (C=O) groups excluding carboxylic acids is 1. The highest BCUT2D eigenvalue weighted by atomic mass is 35.5. The Morgan fingerprint density at radius 2 is 1.53 bits per heavy atom. The maximum absolute atomic E-state index is 11.1. The van der Waals surface area contributed by atoms with Gasteiger partial charge in [-0.3, -0.25) is 4.79 Å². The summed E-state index contributed by atoms with van der Waals surface area (Å²) >= 11 is 5.50. The second-order valence-electron chi connectivity index (χ2n) is 3.72. The molecule has 15 heavy (non-hydrogen) atoms. The first kappa shape index (κ1) is 12.9. The van der Waals surface area contributed by atoms with Crippen molar-refractivity contribution in [3.63, 3.8) is 0 Å². The Balaban J connectivity index is 2.73. The molecule has 0 aromatic rings. The van der Waals surface area contributed by atoms with Crippen LogP contribution in [-0.4, -0.2) is 44.9 Å². The Morgan fingerprint density at radius 1 is 1.07 bits per heavy atom. The number of hydrogen-bond donors (Lipinski definition) is 0. The number of ether oxygens (including phenoxy) is 3. The van der Waals surface area contributed by atoms with Crippen molar-refractivity contribution in [2.45, 2.75) is 31.2 Å². The number of halogens is 1. The number of methoxy groups -OCH3 is 3. The van der Waals surface area contributed by atoms with Crippen LogP contribution < -0.4 is 0 Å². The lowest BCUT2D eigenvalue weighted by molar-refractivity contribution is -0.147. The van der Waals surface area contributed by atoms with E-state index in [0.29, 0.717) is 12.8 Å². The lowest BCUT2D eigenvalue weighted by Gasteiger charge is -2.38. The summed E-state index contributed by atoms with van der Waals surface area (Å²) in [5.41, 5.74) is 0. The van der Waals surface area contributed by atoms with Crippen LogP contribution in [0.4, 0.5) is 0 Å². The fraction of sp³-hybridized carbons (Fsp3) is 0.900. The maximum Gasteiger partial charge on any atom is 0.224 e. The normalized spacial score (nSPS) is 36.5. The van der Waals surface area contributed by atoms with Crippen LogP contribution in [0, 0.1) is 5.92 Å². The van der Waals surface area contributed by atoms with Crippen LogP contribution in [0.25, 0.3) is 0 Å². The molecule has 0 amide bonds. The van der Waals surface area contributed by atoms with E-state index in [2.05, 4.69) is 0 Å². The van der Waals surface area contributed by atoms with Crippen LogP contribution in [0.15, 0.2) is 0 Å². The summed E-state index contributed by atoms with van der Waals surface area (Å²) in [5, 5.41) is -0.325. The summed E-state index contributed by atoms with van der Waals surface area (Å²) in [6.07, 6.45) is 0.782. The van der Waals surface area contributed by atoms with Gasteiger partial charge in [0.05, 0.1) is 12.2 Å². The summed E-state index contributed by atoms with van der Waals surface area (Å²) in [5.74, 6) is -0.201. The van der Waals surface area contributed by atoms with Gasteiger partial charge in [0, 0.05) is 27.2 Å². The van der Waals surface area contributed by atoms with Crippen molar-refractivity contribution in [2.75, 3.05) is 21.3 Å². The monoisotopic (exact) mass is 236 g/mol. The van der Waals surface area contributed by atoms with Gasteiger partial charge >= 0.3 is 0 Å². The minimum absolute atomic E-state index is 0.132. The van der Waals surface area contributed by atoms with Gasteiger partial charge in [-0.25, -0.2) is 0 Å². The van der Waals surface area contributed by atoms with Crippen molar-refractivity contribution in [3.05, 3.63) is 0 Å². The molecule has 1 rings (SSSR count). The third kappa shape index (κ3) is 2.91. The van der Waals surface area contributed by atoms with E-state index < -0.39 is 0 Å². The van der Waals surface area contributed by atoms with Gasteiger partial charge < -0.3 is 14.2 Å². The minimum Gasteiger partial charge on any atom is -0.379 e. The van der Waals surface area contributed by atoms with Gasteiger partial charge in [-0.1, -0.05) is 0 Å². The van der Waals surface area contributed by atoms with Crippen LogP contribution in [0.5, 0.6) is 0 Å². The van der Waals surface area contributed by atoms with Crippen molar-refractivity contribution in [2.24, 2.45) is 5.92 Å². The molecule has 88 valence electrons. The molecule has 0 heterocycles. The van der Waals surface area contributed by atoms with E-state index in [0.717, 1.165) is 0 Å². The standard InChI is InChI=1S/C10H17ClO4/c1-13-7-4-6(10(11)12)5-8(14-2)9(7)15-3/h6-9H,4-5H2,1-3H3/t6?,7-,8+,9?. The molecular formula is C10H17ClO4. The lowest BCUT2D eigenvalue weighted by Crippen LogP contribution is -2.48. The van der Waals surface area contributed by atoms with Crippen molar-refractivity contribution in [1.82, 2.24) is 0 Å². The lowest BCUT2D eigenvalue weighted by atomic mass is 9.83. The molecule has 1 aliphatic carbocycles. The molecule has 0 radical (unpaired) electrons. The first-order chi connectivity index (χ1) is 7.13. The van der Waals surface area contributed by atoms with Gasteiger partial charge in [0.25, 0.3) is 0 Å². The van der Waals surface area contributed by atoms with Crippen LogP contribution in [0.1, 0.15) is 12.8 Å². The van der Waals surface area contributed by atoms with Gasteiger partial charge in [-0.2, -0.15) is 0 Å². The zero-order valence-electron chi connectivity index (χ0n) is 9.23. The summed E-state index contributed by atoms with van der Waals surface area (Å²) in [6, 6.07) is 0. The van der Waals surface area contributed by atoms with Gasteiger partial charge in [-0.15, -0.1) is 0 Å². The average molecular weight is 237 g/mol. The number of hydrogen-bond acceptors (Lipinski definition) is 4. The van der Waals surface area contributed by atoms with E-state index in [1.807, 2.05) is 0 Å². The maximum atomic E-state index is 11.1. The molecular weight excluding hydrogens is 220 g/mol. The third-order valence-electron chi connectivity index (χ3n) is 2.97. The van der Waals surface area contributed by atoms with Gasteiger partial charge in [0.15, 0.2) is 0 Å². The van der Waals surface area contributed by atoms with E-state index in [1.165, 1.54) is 0 Å². The Morgan fingerprint density at radius 3 is 1.80 bits per heavy atom. The highest BCUT2D eigenvalue weighted by Gasteiger charge is 2.40. The zero-order chi connectivity index (χ0) is 11.4. The van der Waals surface area contributed by atoms with Crippen LogP contribution >= 0.6 is 11.6 Å². The molecule has 4 nitrogen and oxygen atoms in total. The predicted molar refractivity (Wildman–Crippen MR) is 56.0 cm³/mol. The van der Waals surface area contributed by atoms with Crippen molar-refractivity contribution >= 4 is 16.8 Å². The largest absolute Gasteiger partial charge is 0.379 e. The van der Waals surface area contributed by atoms with Crippen LogP contribution in [0.2, 0.25) is 0 Å². The first-order valence-corrected chi connectivity index (χ1v) is 5.29. The summed E-state index contributed by atoms with van der Waals surface area (Å²) in [6.45, 7) is 0. The summed E-state index contributed by atoms with van der Waals surface area (Å²) in [7, 11) is 4.82. The van der Waals surface area contributed by atoms with Crippen molar-refractivity contribution in [3.8, 4) is 0 Å². The molecule has 4 atom stereocenters. The van der Waals surface area contributed by atoms with E-state index >= 15 is 0 Å². The van der Waals surface area contributed by atoms with Crippen LogP contribution in [-0.2, 0) is 19.0 Å². The molecule has 0 aromatic heterocycles. The van der Waals surface area contributed by atoms with E-state index in [9.17, 15) is 4.79 Å². The topological polar surface area (TPSA) is 44.8 Å². The van der Waals surface area contributed by atoms with Gasteiger partial charge in [-0.05, 0) is 24.4 Å². The van der Waals surface area contributed by atoms with Gasteiger partial charge in [0.2, 0.25) is 5.24 Å². The quantitative estimate of drug-likeness (QED) is 0.689. The number of rotatable bonds is 4. The summed E-state index contributed by atoms with van der Waals surface area (Å²) in [4.78, 5) is 11.1. The Bertz CT molecular complexity index is 207. The second kappa shape index (κ2) is 5.80. The van der Waals surface area contributed by atoms with Crippen LogP contribution in [0.3, 0.4) is 0 Å². The first-order valence-electron chi connectivity index (χ1n) is 4.91. The molecule has 0 aliphatic heterocycles. The highest BCUT2D eigenvalue weighted by molar-refractivity contribution is 6.64. The molecule has 1 saturated carbocycles. The third-order valence-corrected chi connectivity index (χ3v) is 3.27. The Kier molecular flexibility index (Phi) is 4.99. The molecule has 2 unspecified atom stereocenters. The number of carbonyl (C=O) groups is 1. The average Bonchev–Trinajstić information content (AvgIpc) is 2.26. The van der Waals surface area contributed by atoms with E-state index in [4.69, 9.17) is 25.8 Å². The molecule has 0 N–H and O–H groups in total. The SMILES string of the molecule is COC1[C@@H](OC)CC(C(=O)Cl)C[C@H]1OC. The fourth-order valence-electron chi connectivity index (χ4n) is 2.11. The van der Waals surface area contributed by atoms with Gasteiger partial charge in [0.1, 0.15) is 6.10 Å². The molecule has 5 heteroatoms. The highest BCUT2D eigenvalue weighted by Crippen LogP contribution is 2.31. The Hall–Kier alpha value is -0.160. The smallest absolute Gasteiger partial charge is 0.224 e. The fourth-order valence-corrected chi connectivity index (χ4v) is 2.29. The van der Waals surface area contributed by atoms with Crippen molar-refractivity contribution in [1.29, 1.82) is 0 Å². The molecule has 0 saturated heterocycles. The molecule has 1 fully saturated rings. The second-order valence-corrected chi connectivity index (χ2v) is 4.09. The molecule has 0 aromatic carbocycles. The summed E-state index contributed by atoms with van der Waals surface area (Å²) < 4.78 is 15.9. The Labute approximate surface area is 94.8 Å². The molecule has 1 aliphatic rings. The minimum atomic E-state index is -0.325. The van der Waals surface area contributed by atoms with Crippen molar-refractivity contribution < 1.29 is 19.0 Å². The predicted octanol–water partition coefficient (Wildman–Crippen LogP) is 1.21. The van der Waals surface area contributed by atoms with E-state index in [1.54, 1.807) is 21.3 Å². The molecule has 0 bridgehead atoms. The zero-order valence-corrected chi connectivity index (χ0v) is 9.99. The molecule has 0 spiro atoms. The van der Waals surface area contributed by atoms with E-state index in [-0.39, 0.29) is 29.5 Å².